The van der Waals surface area contributed by atoms with Crippen molar-refractivity contribution < 1.29 is 14.3 Å². The molecule has 2 aliphatic rings. The number of rotatable bonds is 2. The van der Waals surface area contributed by atoms with Gasteiger partial charge in [-0.3, -0.25) is 4.79 Å². The third-order valence-corrected chi connectivity index (χ3v) is 6.09. The van der Waals surface area contributed by atoms with Crippen LogP contribution in [0.3, 0.4) is 0 Å². The van der Waals surface area contributed by atoms with Crippen LogP contribution in [-0.4, -0.2) is 29.9 Å². The van der Waals surface area contributed by atoms with E-state index in [4.69, 9.17) is 9.47 Å². The predicted molar refractivity (Wildman–Crippen MR) is 104 cm³/mol. The number of fused-ring (bicyclic) bond motifs is 1. The first-order valence-electron chi connectivity index (χ1n) is 8.86. The van der Waals surface area contributed by atoms with Gasteiger partial charge in [-0.05, 0) is 34.7 Å². The summed E-state index contributed by atoms with van der Waals surface area (Å²) in [7, 11) is 0. The third-order valence-electron chi connectivity index (χ3n) is 4.83. The van der Waals surface area contributed by atoms with Gasteiger partial charge in [0.15, 0.2) is 11.5 Å². The molecule has 0 N–H and O–H groups in total. The van der Waals surface area contributed by atoms with Crippen molar-refractivity contribution in [3.63, 3.8) is 0 Å². The number of amides is 1. The second kappa shape index (κ2) is 6.54. The average Bonchev–Trinajstić information content (AvgIpc) is 3.29. The van der Waals surface area contributed by atoms with Crippen LogP contribution >= 0.6 is 11.8 Å². The van der Waals surface area contributed by atoms with Gasteiger partial charge in [-0.2, -0.15) is 0 Å². The molecule has 4 rings (SSSR count). The molecular weight excluding hydrogens is 346 g/mol. The highest BCUT2D eigenvalue weighted by Crippen LogP contribution is 2.40. The zero-order chi connectivity index (χ0) is 18.3. The SMILES string of the molecule is CC(C)(C)c1ccc(C2SCCN2C(=O)c2ccc3c(c2)OCO3)cc1. The van der Waals surface area contributed by atoms with Crippen molar-refractivity contribution in [2.24, 2.45) is 0 Å². The molecule has 0 radical (unpaired) electrons. The van der Waals surface area contributed by atoms with Gasteiger partial charge in [0.05, 0.1) is 0 Å². The fourth-order valence-electron chi connectivity index (χ4n) is 3.30. The van der Waals surface area contributed by atoms with Crippen LogP contribution in [0.25, 0.3) is 0 Å². The molecule has 1 unspecified atom stereocenters. The minimum atomic E-state index is 0.0400. The molecule has 1 atom stereocenters. The minimum absolute atomic E-state index is 0.0400. The monoisotopic (exact) mass is 369 g/mol. The number of carbonyl (C=O) groups excluding carboxylic acids is 1. The molecule has 4 nitrogen and oxygen atoms in total. The van der Waals surface area contributed by atoms with E-state index in [0.29, 0.717) is 17.1 Å². The molecule has 0 saturated carbocycles. The van der Waals surface area contributed by atoms with Gasteiger partial charge in [0.25, 0.3) is 5.91 Å². The van der Waals surface area contributed by atoms with E-state index in [9.17, 15) is 4.79 Å². The van der Waals surface area contributed by atoms with Crippen molar-refractivity contribution in [2.75, 3.05) is 19.1 Å². The summed E-state index contributed by atoms with van der Waals surface area (Å²) in [5, 5.41) is 0.0574. The molecule has 2 aromatic carbocycles. The molecule has 2 aromatic rings. The Balaban J connectivity index is 1.57. The van der Waals surface area contributed by atoms with Gasteiger partial charge in [0.1, 0.15) is 5.37 Å². The van der Waals surface area contributed by atoms with Crippen molar-refractivity contribution in [2.45, 2.75) is 31.6 Å². The van der Waals surface area contributed by atoms with E-state index in [1.54, 1.807) is 6.07 Å². The van der Waals surface area contributed by atoms with Crippen LogP contribution in [0.5, 0.6) is 11.5 Å². The smallest absolute Gasteiger partial charge is 0.255 e. The Hall–Kier alpha value is -2.14. The Morgan fingerprint density at radius 1 is 1.08 bits per heavy atom. The van der Waals surface area contributed by atoms with Crippen LogP contribution in [0.1, 0.15) is 47.6 Å². The van der Waals surface area contributed by atoms with Gasteiger partial charge in [0, 0.05) is 17.9 Å². The Morgan fingerprint density at radius 3 is 2.54 bits per heavy atom. The fraction of sp³-hybridized carbons (Fsp3) is 0.381. The topological polar surface area (TPSA) is 38.8 Å². The van der Waals surface area contributed by atoms with Crippen molar-refractivity contribution in [1.82, 2.24) is 4.90 Å². The molecule has 0 aliphatic carbocycles. The predicted octanol–water partition coefficient (Wildman–Crippen LogP) is 4.60. The molecule has 1 amide bonds. The average molecular weight is 369 g/mol. The Labute approximate surface area is 158 Å². The summed E-state index contributed by atoms with van der Waals surface area (Å²) in [4.78, 5) is 15.0. The Morgan fingerprint density at radius 2 is 1.81 bits per heavy atom. The lowest BCUT2D eigenvalue weighted by atomic mass is 9.86. The lowest BCUT2D eigenvalue weighted by Crippen LogP contribution is -2.30. The number of carbonyl (C=O) groups is 1. The second-order valence-corrected chi connectivity index (χ2v) is 8.85. The van der Waals surface area contributed by atoms with Crippen molar-refractivity contribution in [3.05, 3.63) is 59.2 Å². The molecule has 1 saturated heterocycles. The first kappa shape index (κ1) is 17.3. The molecule has 0 bridgehead atoms. The molecule has 1 fully saturated rings. The standard InChI is InChI=1S/C21H23NO3S/c1-21(2,3)16-7-4-14(5-8-16)20-22(10-11-26-20)19(23)15-6-9-17-18(12-15)25-13-24-17/h4-9,12,20H,10-11,13H2,1-3H3. The number of ether oxygens (including phenoxy) is 2. The van der Waals surface area contributed by atoms with Crippen LogP contribution in [0.2, 0.25) is 0 Å². The largest absolute Gasteiger partial charge is 0.454 e. The first-order valence-corrected chi connectivity index (χ1v) is 9.91. The number of thioether (sulfide) groups is 1. The van der Waals surface area contributed by atoms with Crippen molar-refractivity contribution in [3.8, 4) is 11.5 Å². The van der Waals surface area contributed by atoms with Gasteiger partial charge in [-0.25, -0.2) is 0 Å². The van der Waals surface area contributed by atoms with Gasteiger partial charge < -0.3 is 14.4 Å². The van der Waals surface area contributed by atoms with Gasteiger partial charge in [0.2, 0.25) is 6.79 Å². The summed E-state index contributed by atoms with van der Waals surface area (Å²) >= 11 is 1.81. The molecule has 2 heterocycles. The highest BCUT2D eigenvalue weighted by atomic mass is 32.2. The normalized spacial score (nSPS) is 19.0. The maximum Gasteiger partial charge on any atom is 0.255 e. The van der Waals surface area contributed by atoms with E-state index in [2.05, 4.69) is 45.0 Å². The van der Waals surface area contributed by atoms with E-state index in [0.717, 1.165) is 12.3 Å². The Bertz CT molecular complexity index is 826. The highest BCUT2D eigenvalue weighted by Gasteiger charge is 2.32. The van der Waals surface area contributed by atoms with Gasteiger partial charge in [-0.15, -0.1) is 11.8 Å². The van der Waals surface area contributed by atoms with E-state index in [-0.39, 0.29) is 23.5 Å². The third kappa shape index (κ3) is 3.16. The van der Waals surface area contributed by atoms with E-state index < -0.39 is 0 Å². The van der Waals surface area contributed by atoms with Crippen molar-refractivity contribution in [1.29, 1.82) is 0 Å². The summed E-state index contributed by atoms with van der Waals surface area (Å²) < 4.78 is 10.7. The molecule has 136 valence electrons. The zero-order valence-electron chi connectivity index (χ0n) is 15.3. The van der Waals surface area contributed by atoms with Crippen LogP contribution in [0.15, 0.2) is 42.5 Å². The fourth-order valence-corrected chi connectivity index (χ4v) is 4.55. The van der Waals surface area contributed by atoms with E-state index >= 15 is 0 Å². The zero-order valence-corrected chi connectivity index (χ0v) is 16.1. The quantitative estimate of drug-likeness (QED) is 0.775. The van der Waals surface area contributed by atoms with Crippen LogP contribution in [0, 0.1) is 0 Å². The van der Waals surface area contributed by atoms with Crippen molar-refractivity contribution >= 4 is 17.7 Å². The summed E-state index contributed by atoms with van der Waals surface area (Å²) in [5.41, 5.74) is 3.25. The molecule has 26 heavy (non-hydrogen) atoms. The minimum Gasteiger partial charge on any atom is -0.454 e. The number of nitrogens with zero attached hydrogens (tertiary/aromatic N) is 1. The van der Waals surface area contributed by atoms with Crippen LogP contribution in [-0.2, 0) is 5.41 Å². The molecule has 0 aromatic heterocycles. The second-order valence-electron chi connectivity index (χ2n) is 7.66. The first-order chi connectivity index (χ1) is 12.4. The lowest BCUT2D eigenvalue weighted by molar-refractivity contribution is 0.0760. The summed E-state index contributed by atoms with van der Waals surface area (Å²) in [6.45, 7) is 7.60. The van der Waals surface area contributed by atoms with Gasteiger partial charge >= 0.3 is 0 Å². The molecule has 5 heteroatoms. The molecular formula is C21H23NO3S. The van der Waals surface area contributed by atoms with E-state index in [1.807, 2.05) is 28.8 Å². The molecule has 2 aliphatic heterocycles. The maximum absolute atomic E-state index is 13.1. The number of hydrogen-bond donors (Lipinski definition) is 0. The highest BCUT2D eigenvalue weighted by molar-refractivity contribution is 7.99. The number of hydrogen-bond acceptors (Lipinski definition) is 4. The maximum atomic E-state index is 13.1. The summed E-state index contributed by atoms with van der Waals surface area (Å²) in [5.74, 6) is 2.33. The summed E-state index contributed by atoms with van der Waals surface area (Å²) in [6.07, 6.45) is 0. The van der Waals surface area contributed by atoms with Gasteiger partial charge in [-0.1, -0.05) is 45.0 Å². The summed E-state index contributed by atoms with van der Waals surface area (Å²) in [6, 6.07) is 14.1. The lowest BCUT2D eigenvalue weighted by Gasteiger charge is -2.25. The van der Waals surface area contributed by atoms with Crippen LogP contribution < -0.4 is 9.47 Å². The van der Waals surface area contributed by atoms with Crippen LogP contribution in [0.4, 0.5) is 0 Å². The van der Waals surface area contributed by atoms with E-state index in [1.165, 1.54) is 11.1 Å². The number of benzene rings is 2. The molecule has 0 spiro atoms. The Kier molecular flexibility index (Phi) is 4.35.